The summed E-state index contributed by atoms with van der Waals surface area (Å²) < 4.78 is 5.53. The molecule has 0 radical (unpaired) electrons. The van der Waals surface area contributed by atoms with Crippen LogP contribution in [-0.2, 0) is 4.74 Å². The van der Waals surface area contributed by atoms with Gasteiger partial charge in [0, 0.05) is 13.2 Å². The molecule has 0 spiro atoms. The van der Waals surface area contributed by atoms with Crippen LogP contribution in [-0.4, -0.2) is 26.8 Å². The third-order valence-electron chi connectivity index (χ3n) is 4.64. The Balaban J connectivity index is 2.92. The Kier molecular flexibility index (Phi) is 21.8. The van der Waals surface area contributed by atoms with E-state index in [0.29, 0.717) is 0 Å². The summed E-state index contributed by atoms with van der Waals surface area (Å²) in [6.45, 7) is 5.06. The van der Waals surface area contributed by atoms with Gasteiger partial charge in [-0.05, 0) is 13.5 Å². The quantitative estimate of drug-likeness (QED) is 0.258. The number of hydrogen-bond acceptors (Lipinski definition) is 2. The highest BCUT2D eigenvalue weighted by molar-refractivity contribution is 4.50. The molecule has 0 saturated heterocycles. The van der Waals surface area contributed by atoms with E-state index < -0.39 is 0 Å². The summed E-state index contributed by atoms with van der Waals surface area (Å²) in [4.78, 5) is 0. The minimum atomic E-state index is 0.856. The average Bonchev–Trinajstić information content (AvgIpc) is 2.57. The van der Waals surface area contributed by atoms with Gasteiger partial charge in [0.2, 0.25) is 0 Å². The molecule has 0 aromatic heterocycles. The average molecular weight is 328 g/mol. The van der Waals surface area contributed by atoms with E-state index in [1.54, 1.807) is 0 Å². The van der Waals surface area contributed by atoms with Gasteiger partial charge in [0.05, 0.1) is 6.61 Å². The van der Waals surface area contributed by atoms with Crippen LogP contribution in [0.25, 0.3) is 0 Å². The maximum absolute atomic E-state index is 5.53. The minimum absolute atomic E-state index is 0.856. The Hall–Kier alpha value is -0.0800. The van der Waals surface area contributed by atoms with Gasteiger partial charge in [-0.15, -0.1) is 0 Å². The zero-order chi connectivity index (χ0) is 16.8. The molecule has 2 nitrogen and oxygen atoms in total. The van der Waals surface area contributed by atoms with Gasteiger partial charge in [-0.3, -0.25) is 0 Å². The second-order valence-corrected chi connectivity index (χ2v) is 7.02. The fraction of sp³-hybridized carbons (Fsp3) is 1.00. The molecule has 0 aromatic carbocycles. The molecule has 0 saturated carbocycles. The molecular weight excluding hydrogens is 282 g/mol. The molecule has 140 valence electrons. The summed E-state index contributed by atoms with van der Waals surface area (Å²) >= 11 is 0. The molecule has 0 aliphatic heterocycles. The van der Waals surface area contributed by atoms with Gasteiger partial charge >= 0.3 is 0 Å². The molecule has 0 atom stereocenters. The zero-order valence-corrected chi connectivity index (χ0v) is 16.3. The maximum Gasteiger partial charge on any atom is 0.0590 e. The van der Waals surface area contributed by atoms with E-state index in [0.717, 1.165) is 19.8 Å². The Morgan fingerprint density at radius 1 is 0.522 bits per heavy atom. The molecule has 1 N–H and O–H groups in total. The van der Waals surface area contributed by atoms with Gasteiger partial charge in [-0.1, -0.05) is 103 Å². The predicted molar refractivity (Wildman–Crippen MR) is 104 cm³/mol. The molecule has 0 unspecified atom stereocenters. The van der Waals surface area contributed by atoms with E-state index in [4.69, 9.17) is 4.74 Å². The number of ether oxygens (including phenoxy) is 1. The van der Waals surface area contributed by atoms with Crippen molar-refractivity contribution in [1.82, 2.24) is 5.32 Å². The fourth-order valence-corrected chi connectivity index (χ4v) is 3.03. The first kappa shape index (κ1) is 22.9. The van der Waals surface area contributed by atoms with Gasteiger partial charge < -0.3 is 10.1 Å². The molecule has 0 bridgehead atoms. The van der Waals surface area contributed by atoms with Crippen LogP contribution in [0, 0.1) is 0 Å². The summed E-state index contributed by atoms with van der Waals surface area (Å²) in [5.41, 5.74) is 0. The van der Waals surface area contributed by atoms with E-state index in [2.05, 4.69) is 12.2 Å². The molecule has 23 heavy (non-hydrogen) atoms. The van der Waals surface area contributed by atoms with Crippen LogP contribution >= 0.6 is 0 Å². The van der Waals surface area contributed by atoms with E-state index in [1.807, 2.05) is 7.05 Å². The molecule has 0 aromatic rings. The van der Waals surface area contributed by atoms with Gasteiger partial charge in [0.1, 0.15) is 0 Å². The molecule has 0 amide bonds. The molecule has 0 fully saturated rings. The number of likely N-dealkylation sites (N-methyl/N-ethyl adjacent to an activating group) is 1. The van der Waals surface area contributed by atoms with Crippen molar-refractivity contribution in [2.45, 2.75) is 110 Å². The van der Waals surface area contributed by atoms with Crippen molar-refractivity contribution in [2.24, 2.45) is 0 Å². The fourth-order valence-electron chi connectivity index (χ4n) is 3.03. The molecule has 0 aliphatic rings. The monoisotopic (exact) mass is 327 g/mol. The molecule has 0 aliphatic carbocycles. The summed E-state index contributed by atoms with van der Waals surface area (Å²) in [7, 11) is 1.97. The number of unbranched alkanes of at least 4 members (excludes halogenated alkanes) is 15. The number of hydrogen-bond donors (Lipinski definition) is 1. The third kappa shape index (κ3) is 21.9. The molecular formula is C21H45NO. The lowest BCUT2D eigenvalue weighted by atomic mass is 10.0. The minimum Gasteiger partial charge on any atom is -0.380 e. The first-order valence-corrected chi connectivity index (χ1v) is 10.6. The van der Waals surface area contributed by atoms with Crippen LogP contribution in [0.3, 0.4) is 0 Å². The predicted octanol–water partition coefficient (Wildman–Crippen LogP) is 6.48. The highest BCUT2D eigenvalue weighted by Gasteiger charge is 1.94. The van der Waals surface area contributed by atoms with Crippen molar-refractivity contribution in [3.63, 3.8) is 0 Å². The zero-order valence-electron chi connectivity index (χ0n) is 16.3. The Bertz CT molecular complexity index is 176. The SMILES string of the molecule is CCCCCCCCCCCCCCCCCCOCCNC. The molecule has 0 heterocycles. The lowest BCUT2D eigenvalue weighted by Crippen LogP contribution is -2.14. The maximum atomic E-state index is 5.53. The molecule has 2 heteroatoms. The van der Waals surface area contributed by atoms with E-state index in [-0.39, 0.29) is 0 Å². The first-order chi connectivity index (χ1) is 11.4. The smallest absolute Gasteiger partial charge is 0.0590 e. The van der Waals surface area contributed by atoms with Crippen molar-refractivity contribution in [3.8, 4) is 0 Å². The van der Waals surface area contributed by atoms with Gasteiger partial charge in [-0.2, -0.15) is 0 Å². The van der Waals surface area contributed by atoms with E-state index in [9.17, 15) is 0 Å². The highest BCUT2D eigenvalue weighted by atomic mass is 16.5. The van der Waals surface area contributed by atoms with Crippen LogP contribution in [0.5, 0.6) is 0 Å². The summed E-state index contributed by atoms with van der Waals surface area (Å²) in [6.07, 6.45) is 22.8. The first-order valence-electron chi connectivity index (χ1n) is 10.6. The van der Waals surface area contributed by atoms with Crippen LogP contribution in [0.2, 0.25) is 0 Å². The lowest BCUT2D eigenvalue weighted by Gasteiger charge is -2.04. The normalized spacial score (nSPS) is 11.2. The summed E-state index contributed by atoms with van der Waals surface area (Å²) in [5.74, 6) is 0. The van der Waals surface area contributed by atoms with Crippen molar-refractivity contribution in [3.05, 3.63) is 0 Å². The van der Waals surface area contributed by atoms with E-state index in [1.165, 1.54) is 103 Å². The number of nitrogens with one attached hydrogen (secondary N) is 1. The topological polar surface area (TPSA) is 21.3 Å². The van der Waals surface area contributed by atoms with E-state index >= 15 is 0 Å². The Morgan fingerprint density at radius 2 is 0.913 bits per heavy atom. The summed E-state index contributed by atoms with van der Waals surface area (Å²) in [6, 6.07) is 0. The van der Waals surface area contributed by atoms with Crippen molar-refractivity contribution in [2.75, 3.05) is 26.8 Å². The standard InChI is InChI=1S/C21H45NO/c1-3-4-5-6-7-8-9-10-11-12-13-14-15-16-17-18-20-23-21-19-22-2/h22H,3-21H2,1-2H3. The van der Waals surface area contributed by atoms with Crippen LogP contribution in [0.4, 0.5) is 0 Å². The third-order valence-corrected chi connectivity index (χ3v) is 4.64. The van der Waals surface area contributed by atoms with Crippen molar-refractivity contribution in [1.29, 1.82) is 0 Å². The largest absolute Gasteiger partial charge is 0.380 e. The summed E-state index contributed by atoms with van der Waals surface area (Å²) in [5, 5.41) is 3.10. The highest BCUT2D eigenvalue weighted by Crippen LogP contribution is 2.13. The Labute approximate surface area is 147 Å². The second kappa shape index (κ2) is 21.9. The van der Waals surface area contributed by atoms with Crippen LogP contribution < -0.4 is 5.32 Å². The van der Waals surface area contributed by atoms with Gasteiger partial charge in [0.15, 0.2) is 0 Å². The van der Waals surface area contributed by atoms with Crippen LogP contribution in [0.15, 0.2) is 0 Å². The van der Waals surface area contributed by atoms with Crippen molar-refractivity contribution < 1.29 is 4.74 Å². The van der Waals surface area contributed by atoms with Gasteiger partial charge in [-0.25, -0.2) is 0 Å². The van der Waals surface area contributed by atoms with Crippen molar-refractivity contribution >= 4 is 0 Å². The lowest BCUT2D eigenvalue weighted by molar-refractivity contribution is 0.133. The second-order valence-electron chi connectivity index (χ2n) is 7.02. The Morgan fingerprint density at radius 3 is 1.30 bits per heavy atom. The molecule has 0 rings (SSSR count). The van der Waals surface area contributed by atoms with Crippen LogP contribution in [0.1, 0.15) is 110 Å². The number of rotatable bonds is 20. The van der Waals surface area contributed by atoms with Gasteiger partial charge in [0.25, 0.3) is 0 Å².